The lowest BCUT2D eigenvalue weighted by Crippen LogP contribution is -2.30. The maximum absolute atomic E-state index is 12.9. The molecule has 0 fully saturated rings. The molecule has 1 aliphatic carbocycles. The van der Waals surface area contributed by atoms with Crippen LogP contribution in [0.1, 0.15) is 43.7 Å². The molecule has 2 aromatic rings. The van der Waals surface area contributed by atoms with E-state index in [0.717, 1.165) is 29.5 Å². The van der Waals surface area contributed by atoms with Gasteiger partial charge in [0.1, 0.15) is 4.83 Å². The fraction of sp³-hybridized carbons (Fsp3) is 0.625. The first-order valence-electron chi connectivity index (χ1n) is 7.65. The zero-order valence-corrected chi connectivity index (χ0v) is 13.6. The molecule has 0 aliphatic heterocycles. The Morgan fingerprint density at radius 2 is 2.29 bits per heavy atom. The Labute approximate surface area is 128 Å². The first kappa shape index (κ1) is 14.7. The van der Waals surface area contributed by atoms with Crippen molar-refractivity contribution in [2.75, 3.05) is 6.61 Å². The van der Waals surface area contributed by atoms with Gasteiger partial charge in [0.15, 0.2) is 0 Å². The third-order valence-electron chi connectivity index (χ3n) is 4.55. The van der Waals surface area contributed by atoms with Crippen molar-refractivity contribution in [1.82, 2.24) is 9.55 Å². The number of aliphatic hydroxyl groups excluding tert-OH is 1. The number of hydrogen-bond acceptors (Lipinski definition) is 4. The van der Waals surface area contributed by atoms with Crippen molar-refractivity contribution in [3.63, 3.8) is 0 Å². The van der Waals surface area contributed by atoms with Crippen molar-refractivity contribution in [3.05, 3.63) is 27.1 Å². The molecule has 0 unspecified atom stereocenters. The molecule has 0 bridgehead atoms. The summed E-state index contributed by atoms with van der Waals surface area (Å²) in [5.41, 5.74) is 1.22. The highest BCUT2D eigenvalue weighted by Crippen LogP contribution is 2.35. The van der Waals surface area contributed by atoms with Gasteiger partial charge < -0.3 is 5.11 Å². The van der Waals surface area contributed by atoms with Gasteiger partial charge in [-0.25, -0.2) is 4.98 Å². The molecule has 0 spiro atoms. The molecule has 0 aromatic carbocycles. The molecule has 0 amide bonds. The highest BCUT2D eigenvalue weighted by Gasteiger charge is 2.25. The second-order valence-corrected chi connectivity index (χ2v) is 7.57. The number of rotatable bonds is 3. The van der Waals surface area contributed by atoms with E-state index in [1.165, 1.54) is 10.4 Å². The van der Waals surface area contributed by atoms with E-state index in [9.17, 15) is 9.90 Å². The van der Waals surface area contributed by atoms with Crippen LogP contribution in [0.3, 0.4) is 0 Å². The van der Waals surface area contributed by atoms with Gasteiger partial charge in [0.05, 0.1) is 24.4 Å². The Morgan fingerprint density at radius 3 is 2.95 bits per heavy atom. The molecule has 21 heavy (non-hydrogen) atoms. The Bertz CT molecular complexity index is 717. The third-order valence-corrected chi connectivity index (χ3v) is 5.72. The van der Waals surface area contributed by atoms with Crippen molar-refractivity contribution < 1.29 is 5.11 Å². The summed E-state index contributed by atoms with van der Waals surface area (Å²) >= 11 is 1.67. The number of aryl methyl sites for hydroxylation is 1. The molecule has 0 saturated carbocycles. The molecule has 0 radical (unpaired) electrons. The zero-order chi connectivity index (χ0) is 15.1. The van der Waals surface area contributed by atoms with Crippen LogP contribution in [0, 0.1) is 11.8 Å². The van der Waals surface area contributed by atoms with Crippen molar-refractivity contribution in [2.45, 2.75) is 46.1 Å². The van der Waals surface area contributed by atoms with Crippen molar-refractivity contribution in [1.29, 1.82) is 0 Å². The van der Waals surface area contributed by atoms with Crippen LogP contribution in [-0.2, 0) is 12.8 Å². The smallest absolute Gasteiger partial charge is 0.262 e. The van der Waals surface area contributed by atoms with Crippen LogP contribution in [0.5, 0.6) is 0 Å². The quantitative estimate of drug-likeness (QED) is 0.948. The SMILES string of the molecule is CC(C)[C@H](CO)n1cnc2sc3c(c2c1=O)CC[C@H](C)C3. The Hall–Kier alpha value is -1.20. The largest absolute Gasteiger partial charge is 0.394 e. The van der Waals surface area contributed by atoms with Crippen LogP contribution < -0.4 is 5.56 Å². The van der Waals surface area contributed by atoms with E-state index in [-0.39, 0.29) is 24.1 Å². The zero-order valence-electron chi connectivity index (χ0n) is 12.8. The predicted molar refractivity (Wildman–Crippen MR) is 86.0 cm³/mol. The molecular weight excluding hydrogens is 284 g/mol. The van der Waals surface area contributed by atoms with E-state index in [4.69, 9.17) is 0 Å². The van der Waals surface area contributed by atoms with Gasteiger partial charge in [-0.2, -0.15) is 0 Å². The van der Waals surface area contributed by atoms with Crippen molar-refractivity contribution in [2.24, 2.45) is 11.8 Å². The van der Waals surface area contributed by atoms with Gasteiger partial charge >= 0.3 is 0 Å². The van der Waals surface area contributed by atoms with Gasteiger partial charge in [0.2, 0.25) is 0 Å². The summed E-state index contributed by atoms with van der Waals surface area (Å²) in [4.78, 5) is 19.5. The Morgan fingerprint density at radius 1 is 1.52 bits per heavy atom. The van der Waals surface area contributed by atoms with E-state index in [2.05, 4.69) is 11.9 Å². The summed E-state index contributed by atoms with van der Waals surface area (Å²) in [6.45, 7) is 6.26. The molecule has 2 heterocycles. The fourth-order valence-corrected chi connectivity index (χ4v) is 4.54. The predicted octanol–water partition coefficient (Wildman–Crippen LogP) is 2.77. The van der Waals surface area contributed by atoms with Gasteiger partial charge in [-0.15, -0.1) is 11.3 Å². The lowest BCUT2D eigenvalue weighted by Gasteiger charge is -2.21. The average Bonchev–Trinajstić information content (AvgIpc) is 2.79. The minimum absolute atomic E-state index is 0.0137. The summed E-state index contributed by atoms with van der Waals surface area (Å²) in [7, 11) is 0. The third kappa shape index (κ3) is 2.42. The standard InChI is InChI=1S/C16H22N2O2S/c1-9(2)12(7-19)18-8-17-15-14(16(18)20)11-5-4-10(3)6-13(11)21-15/h8-10,12,19H,4-7H2,1-3H3/t10-,12-/m0/s1. The molecule has 2 atom stereocenters. The number of nitrogens with zero attached hydrogens (tertiary/aromatic N) is 2. The lowest BCUT2D eigenvalue weighted by molar-refractivity contribution is 0.189. The molecule has 114 valence electrons. The van der Waals surface area contributed by atoms with E-state index in [1.54, 1.807) is 22.2 Å². The van der Waals surface area contributed by atoms with E-state index in [0.29, 0.717) is 5.92 Å². The normalized spacial score (nSPS) is 20.0. The van der Waals surface area contributed by atoms with E-state index >= 15 is 0 Å². The number of aliphatic hydroxyl groups is 1. The summed E-state index contributed by atoms with van der Waals surface area (Å²) in [5.74, 6) is 0.884. The Kier molecular flexibility index (Phi) is 3.88. The van der Waals surface area contributed by atoms with Crippen LogP contribution in [0.4, 0.5) is 0 Å². The molecule has 4 nitrogen and oxygen atoms in total. The minimum Gasteiger partial charge on any atom is -0.394 e. The van der Waals surface area contributed by atoms with Crippen LogP contribution in [0.25, 0.3) is 10.2 Å². The molecule has 5 heteroatoms. The van der Waals surface area contributed by atoms with Crippen LogP contribution in [0.2, 0.25) is 0 Å². The maximum Gasteiger partial charge on any atom is 0.262 e. The van der Waals surface area contributed by atoms with E-state index < -0.39 is 0 Å². The van der Waals surface area contributed by atoms with Gasteiger partial charge in [0.25, 0.3) is 5.56 Å². The fourth-order valence-electron chi connectivity index (χ4n) is 3.20. The van der Waals surface area contributed by atoms with Crippen LogP contribution >= 0.6 is 11.3 Å². The first-order chi connectivity index (χ1) is 10.0. The van der Waals surface area contributed by atoms with Crippen LogP contribution in [0.15, 0.2) is 11.1 Å². The highest BCUT2D eigenvalue weighted by molar-refractivity contribution is 7.18. The monoisotopic (exact) mass is 306 g/mol. The number of thiophene rings is 1. The van der Waals surface area contributed by atoms with E-state index in [1.807, 2.05) is 13.8 Å². The second-order valence-electron chi connectivity index (χ2n) is 6.48. The Balaban J connectivity index is 2.19. The second kappa shape index (κ2) is 5.54. The summed E-state index contributed by atoms with van der Waals surface area (Å²) in [6, 6.07) is -0.201. The van der Waals surface area contributed by atoms with Crippen molar-refractivity contribution >= 4 is 21.6 Å². The minimum atomic E-state index is -0.201. The molecule has 2 aromatic heterocycles. The van der Waals surface area contributed by atoms with Gasteiger partial charge in [0, 0.05) is 4.88 Å². The number of fused-ring (bicyclic) bond motifs is 3. The van der Waals surface area contributed by atoms with Crippen LogP contribution in [-0.4, -0.2) is 21.3 Å². The topological polar surface area (TPSA) is 55.1 Å². The summed E-state index contributed by atoms with van der Waals surface area (Å²) in [6.07, 6.45) is 4.78. The molecule has 1 aliphatic rings. The lowest BCUT2D eigenvalue weighted by atomic mass is 9.89. The molecular formula is C16H22N2O2S. The summed E-state index contributed by atoms with van der Waals surface area (Å²) < 4.78 is 1.62. The number of aromatic nitrogens is 2. The molecule has 0 saturated heterocycles. The van der Waals surface area contributed by atoms with Crippen molar-refractivity contribution in [3.8, 4) is 0 Å². The van der Waals surface area contributed by atoms with Gasteiger partial charge in [-0.3, -0.25) is 9.36 Å². The molecule has 3 rings (SSSR count). The maximum atomic E-state index is 12.9. The van der Waals surface area contributed by atoms with Gasteiger partial charge in [-0.05, 0) is 36.7 Å². The summed E-state index contributed by atoms with van der Waals surface area (Å²) in [5, 5.41) is 10.4. The number of hydrogen-bond donors (Lipinski definition) is 1. The molecule has 1 N–H and O–H groups in total. The van der Waals surface area contributed by atoms with Gasteiger partial charge in [-0.1, -0.05) is 20.8 Å². The first-order valence-corrected chi connectivity index (χ1v) is 8.46. The average molecular weight is 306 g/mol. The highest BCUT2D eigenvalue weighted by atomic mass is 32.1.